The molecule has 1 aromatic rings. The van der Waals surface area contributed by atoms with E-state index >= 15 is 0 Å². The van der Waals surface area contributed by atoms with Crippen molar-refractivity contribution in [2.24, 2.45) is 0 Å². The predicted molar refractivity (Wildman–Crippen MR) is 104 cm³/mol. The van der Waals surface area contributed by atoms with Gasteiger partial charge >= 0.3 is 0 Å². The Bertz CT molecular complexity index is 475. The van der Waals surface area contributed by atoms with Crippen LogP contribution in [0.25, 0.3) is 0 Å². The van der Waals surface area contributed by atoms with E-state index in [0.717, 1.165) is 57.2 Å². The molecular weight excluding hydrogens is 318 g/mol. The minimum absolute atomic E-state index is 0.322. The van der Waals surface area contributed by atoms with Crippen LogP contribution in [0.2, 0.25) is 0 Å². The van der Waals surface area contributed by atoms with Gasteiger partial charge in [-0.2, -0.15) is 0 Å². The summed E-state index contributed by atoms with van der Waals surface area (Å²) in [4.78, 5) is 4.50. The molecule has 1 saturated heterocycles. The van der Waals surface area contributed by atoms with Gasteiger partial charge in [0.2, 0.25) is 0 Å². The highest BCUT2D eigenvalue weighted by Gasteiger charge is 2.17. The van der Waals surface area contributed by atoms with Crippen LogP contribution >= 0.6 is 12.2 Å². The van der Waals surface area contributed by atoms with Gasteiger partial charge in [0.25, 0.3) is 0 Å². The maximum Gasteiger partial charge on any atom is 0.169 e. The van der Waals surface area contributed by atoms with Crippen molar-refractivity contribution in [3.05, 3.63) is 35.9 Å². The lowest BCUT2D eigenvalue weighted by molar-refractivity contribution is 0.113. The number of nitrogens with one attached hydrogen (secondary N) is 1. The summed E-state index contributed by atoms with van der Waals surface area (Å²) in [5, 5.41) is 4.27. The van der Waals surface area contributed by atoms with E-state index in [0.29, 0.717) is 6.10 Å². The van der Waals surface area contributed by atoms with Crippen molar-refractivity contribution in [3.63, 3.8) is 0 Å². The number of rotatable bonds is 9. The third kappa shape index (κ3) is 7.16. The molecule has 0 aliphatic carbocycles. The van der Waals surface area contributed by atoms with Crippen molar-refractivity contribution < 1.29 is 4.74 Å². The minimum atomic E-state index is 0.322. The summed E-state index contributed by atoms with van der Waals surface area (Å²) >= 11 is 5.63. The molecule has 1 N–H and O–H groups in total. The fourth-order valence-electron chi connectivity index (χ4n) is 2.87. The topological polar surface area (TPSA) is 27.7 Å². The average molecular weight is 350 g/mol. The van der Waals surface area contributed by atoms with Crippen LogP contribution in [0.5, 0.6) is 0 Å². The summed E-state index contributed by atoms with van der Waals surface area (Å²) in [5.41, 5.74) is 1.39. The second kappa shape index (κ2) is 10.6. The Morgan fingerprint density at radius 1 is 1.21 bits per heavy atom. The van der Waals surface area contributed by atoms with Crippen LogP contribution in [-0.4, -0.2) is 67.9 Å². The normalized spacial score (nSPS) is 17.2. The number of thiocarbonyl (C=S) groups is 1. The number of nitrogens with zero attached hydrogens (tertiary/aromatic N) is 2. The SMILES string of the molecule is CN(C)CCN(CCCc1ccccc1)C(=S)NCC1CCCO1. The number of ether oxygens (including phenoxy) is 1. The summed E-state index contributed by atoms with van der Waals surface area (Å²) in [5.74, 6) is 0. The Morgan fingerprint density at radius 2 is 2.00 bits per heavy atom. The quantitative estimate of drug-likeness (QED) is 0.692. The highest BCUT2D eigenvalue weighted by atomic mass is 32.1. The van der Waals surface area contributed by atoms with Crippen molar-refractivity contribution in [1.82, 2.24) is 15.1 Å². The molecule has 24 heavy (non-hydrogen) atoms. The molecule has 0 aromatic heterocycles. The first-order chi connectivity index (χ1) is 11.6. The van der Waals surface area contributed by atoms with Crippen molar-refractivity contribution in [1.29, 1.82) is 0 Å². The summed E-state index contributed by atoms with van der Waals surface area (Å²) < 4.78 is 5.67. The maximum absolute atomic E-state index is 5.67. The standard InChI is InChI=1S/C19H31N3OS/c1-21(2)13-14-22(12-6-10-17-8-4-3-5-9-17)19(24)20-16-18-11-7-15-23-18/h3-5,8-9,18H,6-7,10-16H2,1-2H3,(H,20,24). The lowest BCUT2D eigenvalue weighted by Crippen LogP contribution is -2.45. The third-order valence-electron chi connectivity index (χ3n) is 4.35. The molecular formula is C19H31N3OS. The van der Waals surface area contributed by atoms with Crippen molar-refractivity contribution in [2.45, 2.75) is 31.8 Å². The number of hydrogen-bond acceptors (Lipinski definition) is 3. The number of likely N-dealkylation sites (N-methyl/N-ethyl adjacent to an activating group) is 1. The third-order valence-corrected chi connectivity index (χ3v) is 4.75. The highest BCUT2D eigenvalue weighted by molar-refractivity contribution is 7.80. The first-order valence-corrected chi connectivity index (χ1v) is 9.39. The van der Waals surface area contributed by atoms with Crippen LogP contribution in [0.15, 0.2) is 30.3 Å². The first kappa shape index (κ1) is 19.2. The van der Waals surface area contributed by atoms with Gasteiger partial charge in [-0.25, -0.2) is 0 Å². The van der Waals surface area contributed by atoms with Crippen LogP contribution in [0.3, 0.4) is 0 Å². The van der Waals surface area contributed by atoms with Crippen LogP contribution in [0.4, 0.5) is 0 Å². The molecule has 1 aliphatic rings. The zero-order chi connectivity index (χ0) is 17.2. The Labute approximate surface area is 152 Å². The zero-order valence-corrected chi connectivity index (χ0v) is 15.9. The second-order valence-corrected chi connectivity index (χ2v) is 7.09. The highest BCUT2D eigenvalue weighted by Crippen LogP contribution is 2.11. The number of aryl methyl sites for hydroxylation is 1. The zero-order valence-electron chi connectivity index (χ0n) is 15.0. The summed E-state index contributed by atoms with van der Waals surface area (Å²) in [6.45, 7) is 4.67. The summed E-state index contributed by atoms with van der Waals surface area (Å²) in [6, 6.07) is 10.7. The predicted octanol–water partition coefficient (Wildman–Crippen LogP) is 2.54. The van der Waals surface area contributed by atoms with Crippen LogP contribution in [0, 0.1) is 0 Å². The molecule has 0 bridgehead atoms. The molecule has 1 heterocycles. The Kier molecular flexibility index (Phi) is 8.50. The largest absolute Gasteiger partial charge is 0.376 e. The van der Waals surface area contributed by atoms with E-state index in [9.17, 15) is 0 Å². The van der Waals surface area contributed by atoms with Crippen molar-refractivity contribution >= 4 is 17.3 Å². The van der Waals surface area contributed by atoms with E-state index in [-0.39, 0.29) is 0 Å². The lowest BCUT2D eigenvalue weighted by atomic mass is 10.1. The van der Waals surface area contributed by atoms with Gasteiger partial charge in [0.05, 0.1) is 6.10 Å². The average Bonchev–Trinajstić information content (AvgIpc) is 3.10. The molecule has 1 fully saturated rings. The van der Waals surface area contributed by atoms with Crippen molar-refractivity contribution in [2.75, 3.05) is 46.9 Å². The maximum atomic E-state index is 5.67. The van der Waals surface area contributed by atoms with E-state index in [4.69, 9.17) is 17.0 Å². The Morgan fingerprint density at radius 3 is 2.67 bits per heavy atom. The van der Waals surface area contributed by atoms with E-state index < -0.39 is 0 Å². The Hall–Kier alpha value is -1.17. The monoisotopic (exact) mass is 349 g/mol. The van der Waals surface area contributed by atoms with Gasteiger partial charge in [-0.15, -0.1) is 0 Å². The van der Waals surface area contributed by atoms with E-state index in [1.807, 2.05) is 0 Å². The molecule has 0 spiro atoms. The minimum Gasteiger partial charge on any atom is -0.376 e. The van der Waals surface area contributed by atoms with Gasteiger partial charge in [-0.3, -0.25) is 0 Å². The molecule has 1 aliphatic heterocycles. The fourth-order valence-corrected chi connectivity index (χ4v) is 3.14. The van der Waals surface area contributed by atoms with Crippen LogP contribution < -0.4 is 5.32 Å². The van der Waals surface area contributed by atoms with Gasteiger partial charge in [-0.1, -0.05) is 30.3 Å². The van der Waals surface area contributed by atoms with Crippen LogP contribution in [0.1, 0.15) is 24.8 Å². The summed E-state index contributed by atoms with van der Waals surface area (Å²) in [7, 11) is 4.20. The lowest BCUT2D eigenvalue weighted by Gasteiger charge is -2.28. The molecule has 0 amide bonds. The molecule has 134 valence electrons. The molecule has 1 aromatic carbocycles. The molecule has 0 radical (unpaired) electrons. The van der Waals surface area contributed by atoms with E-state index in [1.165, 1.54) is 12.0 Å². The van der Waals surface area contributed by atoms with Gasteiger partial charge in [0, 0.05) is 32.8 Å². The molecule has 0 saturated carbocycles. The van der Waals surface area contributed by atoms with Gasteiger partial charge in [0.1, 0.15) is 0 Å². The fraction of sp³-hybridized carbons (Fsp3) is 0.632. The smallest absolute Gasteiger partial charge is 0.169 e. The Balaban J connectivity index is 1.77. The number of benzene rings is 1. The van der Waals surface area contributed by atoms with Gasteiger partial charge in [-0.05, 0) is 57.6 Å². The second-order valence-electron chi connectivity index (χ2n) is 6.70. The van der Waals surface area contributed by atoms with Crippen molar-refractivity contribution in [3.8, 4) is 0 Å². The molecule has 5 heteroatoms. The van der Waals surface area contributed by atoms with E-state index in [1.54, 1.807) is 0 Å². The molecule has 2 rings (SSSR count). The first-order valence-electron chi connectivity index (χ1n) is 8.98. The van der Waals surface area contributed by atoms with Gasteiger partial charge < -0.3 is 19.9 Å². The van der Waals surface area contributed by atoms with E-state index in [2.05, 4.69) is 59.5 Å². The molecule has 1 unspecified atom stereocenters. The molecule has 1 atom stereocenters. The van der Waals surface area contributed by atoms with Crippen LogP contribution in [-0.2, 0) is 11.2 Å². The molecule has 4 nitrogen and oxygen atoms in total. The van der Waals surface area contributed by atoms with Gasteiger partial charge in [0.15, 0.2) is 5.11 Å². The summed E-state index contributed by atoms with van der Waals surface area (Å²) in [6.07, 6.45) is 4.83. The number of hydrogen-bond donors (Lipinski definition) is 1.